The molecule has 0 aliphatic rings. The van der Waals surface area contributed by atoms with Crippen molar-refractivity contribution in [1.29, 1.82) is 0 Å². The summed E-state index contributed by atoms with van der Waals surface area (Å²) in [5.41, 5.74) is 0. The van der Waals surface area contributed by atoms with Crippen molar-refractivity contribution < 1.29 is 9.67 Å². The van der Waals surface area contributed by atoms with Gasteiger partial charge in [-0.15, -0.1) is 11.8 Å². The Labute approximate surface area is 77.2 Å². The summed E-state index contributed by atoms with van der Waals surface area (Å²) in [4.78, 5) is 0.848. The average molecular weight is 200 g/mol. The Morgan fingerprint density at radius 2 is 2.17 bits per heavy atom. The largest absolute Gasteiger partial charge is 0.507 e. The lowest BCUT2D eigenvalue weighted by Gasteiger charge is -2.00. The van der Waals surface area contributed by atoms with Crippen LogP contribution in [-0.2, 0) is 4.57 Å². The summed E-state index contributed by atoms with van der Waals surface area (Å²) in [6, 6.07) is 7.15. The summed E-state index contributed by atoms with van der Waals surface area (Å²) in [5, 5.41) is 9.31. The van der Waals surface area contributed by atoms with Gasteiger partial charge in [-0.1, -0.05) is 12.1 Å². The summed E-state index contributed by atoms with van der Waals surface area (Å²) in [6.07, 6.45) is 0.624. The number of phenolic OH excluding ortho intramolecular Hbond substituents is 1. The van der Waals surface area contributed by atoms with E-state index in [4.69, 9.17) is 0 Å². The van der Waals surface area contributed by atoms with Gasteiger partial charge in [-0.3, -0.25) is 4.57 Å². The molecule has 0 aliphatic carbocycles. The molecule has 4 heteroatoms. The first-order valence-corrected chi connectivity index (χ1v) is 5.53. The molecule has 0 aromatic heterocycles. The van der Waals surface area contributed by atoms with E-state index in [0.717, 1.165) is 10.6 Å². The molecular weight excluding hydrogens is 191 g/mol. The van der Waals surface area contributed by atoms with Gasteiger partial charge in [-0.2, -0.15) is 0 Å². The number of benzene rings is 1. The second-order valence-corrected chi connectivity index (χ2v) is 4.01. The molecule has 1 aromatic carbocycles. The van der Waals surface area contributed by atoms with Crippen LogP contribution in [0.3, 0.4) is 0 Å². The molecule has 1 N–H and O–H groups in total. The zero-order chi connectivity index (χ0) is 8.81. The average Bonchev–Trinajstić information content (AvgIpc) is 2.09. The molecule has 0 heterocycles. The Kier molecular flexibility index (Phi) is 4.12. The summed E-state index contributed by atoms with van der Waals surface area (Å²) in [7, 11) is 0.164. The maximum atomic E-state index is 10.1. The van der Waals surface area contributed by atoms with Gasteiger partial charge >= 0.3 is 0 Å². The van der Waals surface area contributed by atoms with Gasteiger partial charge in [0.15, 0.2) is 8.46 Å². The predicted molar refractivity (Wildman–Crippen MR) is 51.3 cm³/mol. The first-order valence-electron chi connectivity index (χ1n) is 3.54. The van der Waals surface area contributed by atoms with Gasteiger partial charge in [0.25, 0.3) is 0 Å². The Morgan fingerprint density at radius 3 is 2.83 bits per heavy atom. The predicted octanol–water partition coefficient (Wildman–Crippen LogP) is 2.78. The van der Waals surface area contributed by atoms with Crippen molar-refractivity contribution in [2.45, 2.75) is 4.90 Å². The van der Waals surface area contributed by atoms with Crippen molar-refractivity contribution in [3.05, 3.63) is 24.3 Å². The first kappa shape index (κ1) is 9.56. The number of para-hydroxylation sites is 1. The van der Waals surface area contributed by atoms with Crippen LogP contribution in [0.4, 0.5) is 0 Å². The number of aromatic hydroxyl groups is 1. The number of thioether (sulfide) groups is 1. The quantitative estimate of drug-likeness (QED) is 0.461. The summed E-state index contributed by atoms with van der Waals surface area (Å²) < 4.78 is 10.1. The van der Waals surface area contributed by atoms with Gasteiger partial charge in [-0.25, -0.2) is 0 Å². The van der Waals surface area contributed by atoms with Crippen molar-refractivity contribution in [1.82, 2.24) is 0 Å². The van der Waals surface area contributed by atoms with Crippen molar-refractivity contribution in [3.63, 3.8) is 0 Å². The molecule has 0 aliphatic heterocycles. The van der Waals surface area contributed by atoms with E-state index < -0.39 is 0 Å². The maximum Gasteiger partial charge on any atom is 0.156 e. The molecule has 0 saturated heterocycles. The fourth-order valence-electron chi connectivity index (χ4n) is 0.772. The van der Waals surface area contributed by atoms with E-state index in [2.05, 4.69) is 0 Å². The molecule has 0 saturated carbocycles. The van der Waals surface area contributed by atoms with Crippen LogP contribution in [0, 0.1) is 0 Å². The van der Waals surface area contributed by atoms with E-state index in [9.17, 15) is 9.67 Å². The third-order valence-corrected chi connectivity index (χ3v) is 3.08. The Morgan fingerprint density at radius 1 is 1.42 bits per heavy atom. The highest BCUT2D eigenvalue weighted by molar-refractivity contribution is 7.99. The number of rotatable bonds is 4. The SMILES string of the molecule is O=PCCSc1ccccc1O. The highest BCUT2D eigenvalue weighted by Crippen LogP contribution is 2.27. The van der Waals surface area contributed by atoms with Crippen molar-refractivity contribution in [3.8, 4) is 5.75 Å². The van der Waals surface area contributed by atoms with Crippen molar-refractivity contribution >= 4 is 20.2 Å². The van der Waals surface area contributed by atoms with Crippen LogP contribution < -0.4 is 0 Å². The second-order valence-electron chi connectivity index (χ2n) is 2.17. The minimum atomic E-state index is 0.164. The lowest BCUT2D eigenvalue weighted by atomic mass is 10.3. The molecule has 0 spiro atoms. The molecule has 12 heavy (non-hydrogen) atoms. The van der Waals surface area contributed by atoms with Gasteiger partial charge in [0.2, 0.25) is 0 Å². The van der Waals surface area contributed by atoms with E-state index in [1.807, 2.05) is 12.1 Å². The van der Waals surface area contributed by atoms with Crippen LogP contribution in [0.5, 0.6) is 5.75 Å². The zero-order valence-electron chi connectivity index (χ0n) is 6.43. The van der Waals surface area contributed by atoms with Crippen LogP contribution >= 0.6 is 20.2 Å². The Balaban J connectivity index is 2.51. The van der Waals surface area contributed by atoms with Gasteiger partial charge in [0.05, 0.1) is 0 Å². The molecule has 0 amide bonds. The van der Waals surface area contributed by atoms with E-state index in [1.165, 1.54) is 11.8 Å². The van der Waals surface area contributed by atoms with Crippen LogP contribution in [0.15, 0.2) is 29.2 Å². The van der Waals surface area contributed by atoms with Crippen LogP contribution in [0.2, 0.25) is 0 Å². The Bertz CT molecular complexity index is 265. The maximum absolute atomic E-state index is 10.1. The van der Waals surface area contributed by atoms with Gasteiger partial charge in [0.1, 0.15) is 5.75 Å². The third kappa shape index (κ3) is 2.84. The summed E-state index contributed by atoms with van der Waals surface area (Å²) >= 11 is 1.51. The second kappa shape index (κ2) is 5.18. The number of hydrogen-bond acceptors (Lipinski definition) is 3. The summed E-state index contributed by atoms with van der Waals surface area (Å²) in [6.45, 7) is 0. The fourth-order valence-corrected chi connectivity index (χ4v) is 2.05. The molecule has 0 unspecified atom stereocenters. The van der Waals surface area contributed by atoms with Gasteiger partial charge in [0, 0.05) is 16.8 Å². The molecule has 0 radical (unpaired) electrons. The van der Waals surface area contributed by atoms with E-state index in [-0.39, 0.29) is 8.46 Å². The molecule has 0 fully saturated rings. The van der Waals surface area contributed by atoms with E-state index in [1.54, 1.807) is 12.1 Å². The minimum Gasteiger partial charge on any atom is -0.507 e. The Hall–Kier alpha value is -0.530. The molecule has 64 valence electrons. The van der Waals surface area contributed by atoms with E-state index in [0.29, 0.717) is 11.9 Å². The molecule has 0 atom stereocenters. The highest BCUT2D eigenvalue weighted by atomic mass is 32.2. The standard InChI is InChI=1S/C8H9O2PS/c9-7-3-1-2-4-8(7)12-6-5-11-10/h1-4,9H,5-6H2. The lowest BCUT2D eigenvalue weighted by Crippen LogP contribution is -1.79. The van der Waals surface area contributed by atoms with Crippen LogP contribution in [0.25, 0.3) is 0 Å². The topological polar surface area (TPSA) is 37.3 Å². The molecule has 1 rings (SSSR count). The molecular formula is C8H9O2PS. The summed E-state index contributed by atoms with van der Waals surface area (Å²) in [5.74, 6) is 1.06. The molecule has 1 aromatic rings. The lowest BCUT2D eigenvalue weighted by molar-refractivity contribution is 0.462. The van der Waals surface area contributed by atoms with Crippen molar-refractivity contribution in [2.75, 3.05) is 11.9 Å². The normalized spacial score (nSPS) is 10.3. The molecule has 2 nitrogen and oxygen atoms in total. The minimum absolute atomic E-state index is 0.164. The van der Waals surface area contributed by atoms with Crippen LogP contribution in [-0.4, -0.2) is 17.0 Å². The number of phenols is 1. The highest BCUT2D eigenvalue weighted by Gasteiger charge is 1.98. The number of hydrogen-bond donors (Lipinski definition) is 1. The third-order valence-electron chi connectivity index (χ3n) is 1.31. The van der Waals surface area contributed by atoms with Gasteiger partial charge in [-0.05, 0) is 12.1 Å². The zero-order valence-corrected chi connectivity index (χ0v) is 8.15. The van der Waals surface area contributed by atoms with Crippen LogP contribution in [0.1, 0.15) is 0 Å². The van der Waals surface area contributed by atoms with Crippen molar-refractivity contribution in [2.24, 2.45) is 0 Å². The monoisotopic (exact) mass is 200 g/mol. The van der Waals surface area contributed by atoms with E-state index >= 15 is 0 Å². The first-order chi connectivity index (χ1) is 5.84. The smallest absolute Gasteiger partial charge is 0.156 e. The fraction of sp³-hybridized carbons (Fsp3) is 0.250. The molecule has 0 bridgehead atoms. The van der Waals surface area contributed by atoms with Gasteiger partial charge < -0.3 is 5.11 Å².